The van der Waals surface area contributed by atoms with Gasteiger partial charge in [-0.2, -0.15) is 4.98 Å². The number of aromatic nitrogens is 2. The molecule has 1 atom stereocenters. The molecule has 1 aliphatic rings. The van der Waals surface area contributed by atoms with Crippen LogP contribution in [0.1, 0.15) is 50.7 Å². The molecule has 1 aromatic heterocycles. The number of likely N-dealkylation sites (tertiary alicyclic amines) is 1. The molecule has 1 unspecified atom stereocenters. The molecule has 0 spiro atoms. The molecular formula is C15H26N4O2. The van der Waals surface area contributed by atoms with Crippen LogP contribution >= 0.6 is 0 Å². The van der Waals surface area contributed by atoms with Gasteiger partial charge in [-0.15, -0.1) is 0 Å². The number of amides is 1. The van der Waals surface area contributed by atoms with Crippen LogP contribution in [-0.4, -0.2) is 47.1 Å². The van der Waals surface area contributed by atoms with E-state index in [0.717, 1.165) is 51.0 Å². The second kappa shape index (κ2) is 8.12. The molecule has 118 valence electrons. The Hall–Kier alpha value is -1.43. The number of nitrogens with one attached hydrogen (secondary N) is 1. The first kappa shape index (κ1) is 15.9. The quantitative estimate of drug-likeness (QED) is 0.787. The van der Waals surface area contributed by atoms with Crippen molar-refractivity contribution in [1.82, 2.24) is 20.4 Å². The van der Waals surface area contributed by atoms with E-state index < -0.39 is 0 Å². The Morgan fingerprint density at radius 2 is 2.33 bits per heavy atom. The molecule has 1 N–H and O–H groups in total. The molecule has 1 aromatic rings. The third kappa shape index (κ3) is 4.52. The Morgan fingerprint density at radius 3 is 3.10 bits per heavy atom. The predicted molar refractivity (Wildman–Crippen MR) is 79.9 cm³/mol. The minimum atomic E-state index is 0.251. The van der Waals surface area contributed by atoms with Crippen molar-refractivity contribution in [2.45, 2.75) is 57.9 Å². The van der Waals surface area contributed by atoms with Gasteiger partial charge < -0.3 is 14.7 Å². The molecule has 2 heterocycles. The first-order valence-electron chi connectivity index (χ1n) is 8.00. The Balaban J connectivity index is 1.73. The number of hydrogen-bond donors (Lipinski definition) is 1. The van der Waals surface area contributed by atoms with E-state index in [1.165, 1.54) is 0 Å². The molecule has 1 fully saturated rings. The smallest absolute Gasteiger partial charge is 0.226 e. The van der Waals surface area contributed by atoms with Gasteiger partial charge in [0.25, 0.3) is 0 Å². The fourth-order valence-electron chi connectivity index (χ4n) is 2.86. The number of nitrogens with zero attached hydrogens (tertiary/aromatic N) is 3. The summed E-state index contributed by atoms with van der Waals surface area (Å²) >= 11 is 0. The minimum absolute atomic E-state index is 0.251. The maximum atomic E-state index is 12.3. The predicted octanol–water partition coefficient (Wildman–Crippen LogP) is 1.56. The third-order valence-corrected chi connectivity index (χ3v) is 3.90. The van der Waals surface area contributed by atoms with E-state index in [4.69, 9.17) is 4.52 Å². The molecular weight excluding hydrogens is 268 g/mol. The van der Waals surface area contributed by atoms with E-state index in [0.29, 0.717) is 24.8 Å². The lowest BCUT2D eigenvalue weighted by Crippen LogP contribution is -2.40. The van der Waals surface area contributed by atoms with Crippen LogP contribution < -0.4 is 5.32 Å². The highest BCUT2D eigenvalue weighted by molar-refractivity contribution is 5.76. The largest absolute Gasteiger partial charge is 0.339 e. The van der Waals surface area contributed by atoms with Gasteiger partial charge in [0.1, 0.15) is 0 Å². The van der Waals surface area contributed by atoms with Crippen LogP contribution in [0.4, 0.5) is 0 Å². The van der Waals surface area contributed by atoms with Gasteiger partial charge in [0.15, 0.2) is 5.82 Å². The molecule has 2 rings (SSSR count). The second-order valence-electron chi connectivity index (χ2n) is 5.65. The Labute approximate surface area is 126 Å². The monoisotopic (exact) mass is 294 g/mol. The normalized spacial score (nSPS) is 18.4. The SMILES string of the molecule is CCCc1noc(CCCC(=O)N2CCCC2CNC)n1. The fourth-order valence-corrected chi connectivity index (χ4v) is 2.86. The molecule has 1 saturated heterocycles. The maximum Gasteiger partial charge on any atom is 0.226 e. The van der Waals surface area contributed by atoms with Crippen LogP contribution in [0, 0.1) is 0 Å². The van der Waals surface area contributed by atoms with Crippen molar-refractivity contribution >= 4 is 5.91 Å². The van der Waals surface area contributed by atoms with Gasteiger partial charge in [-0.25, -0.2) is 0 Å². The number of aryl methyl sites for hydroxylation is 2. The van der Waals surface area contributed by atoms with E-state index >= 15 is 0 Å². The van der Waals surface area contributed by atoms with E-state index in [1.807, 2.05) is 11.9 Å². The molecule has 6 nitrogen and oxygen atoms in total. The van der Waals surface area contributed by atoms with Crippen molar-refractivity contribution in [3.63, 3.8) is 0 Å². The third-order valence-electron chi connectivity index (χ3n) is 3.90. The molecule has 1 aliphatic heterocycles. The molecule has 21 heavy (non-hydrogen) atoms. The highest BCUT2D eigenvalue weighted by Crippen LogP contribution is 2.18. The van der Waals surface area contributed by atoms with Gasteiger partial charge >= 0.3 is 0 Å². The van der Waals surface area contributed by atoms with Gasteiger partial charge in [0.05, 0.1) is 0 Å². The number of carbonyl (C=O) groups excluding carboxylic acids is 1. The average Bonchev–Trinajstić information content (AvgIpc) is 3.09. The summed E-state index contributed by atoms with van der Waals surface area (Å²) in [6.07, 6.45) is 6.11. The van der Waals surface area contributed by atoms with Gasteiger partial charge in [-0.05, 0) is 32.7 Å². The molecule has 6 heteroatoms. The summed E-state index contributed by atoms with van der Waals surface area (Å²) in [7, 11) is 1.93. The zero-order chi connectivity index (χ0) is 15.1. The van der Waals surface area contributed by atoms with E-state index in [9.17, 15) is 4.79 Å². The van der Waals surface area contributed by atoms with E-state index in [2.05, 4.69) is 22.4 Å². The van der Waals surface area contributed by atoms with Crippen LogP contribution in [0.2, 0.25) is 0 Å². The van der Waals surface area contributed by atoms with Crippen molar-refractivity contribution in [2.24, 2.45) is 0 Å². The molecule has 0 radical (unpaired) electrons. The summed E-state index contributed by atoms with van der Waals surface area (Å²) in [5, 5.41) is 7.09. The van der Waals surface area contributed by atoms with Crippen molar-refractivity contribution in [3.8, 4) is 0 Å². The Bertz CT molecular complexity index is 447. The molecule has 0 aliphatic carbocycles. The van der Waals surface area contributed by atoms with Crippen molar-refractivity contribution in [2.75, 3.05) is 20.1 Å². The van der Waals surface area contributed by atoms with Gasteiger partial charge in [0.2, 0.25) is 11.8 Å². The summed E-state index contributed by atoms with van der Waals surface area (Å²) in [5.41, 5.74) is 0. The zero-order valence-corrected chi connectivity index (χ0v) is 13.1. The second-order valence-corrected chi connectivity index (χ2v) is 5.65. The number of hydrogen-bond acceptors (Lipinski definition) is 5. The first-order valence-corrected chi connectivity index (χ1v) is 8.00. The van der Waals surface area contributed by atoms with Gasteiger partial charge in [-0.1, -0.05) is 12.1 Å². The lowest BCUT2D eigenvalue weighted by Gasteiger charge is -2.24. The Morgan fingerprint density at radius 1 is 1.48 bits per heavy atom. The number of rotatable bonds is 8. The summed E-state index contributed by atoms with van der Waals surface area (Å²) in [5.74, 6) is 1.67. The average molecular weight is 294 g/mol. The van der Waals surface area contributed by atoms with Crippen LogP contribution in [0.25, 0.3) is 0 Å². The number of carbonyl (C=O) groups is 1. The van der Waals surface area contributed by atoms with Gasteiger partial charge in [0, 0.05) is 38.4 Å². The van der Waals surface area contributed by atoms with E-state index in [1.54, 1.807) is 0 Å². The molecule has 0 saturated carbocycles. The first-order chi connectivity index (χ1) is 10.2. The standard InChI is InChI=1S/C15H26N4O2/c1-3-6-13-17-14(21-18-13)8-4-9-15(20)19-10-5-7-12(19)11-16-2/h12,16H,3-11H2,1-2H3. The van der Waals surface area contributed by atoms with Crippen LogP contribution in [0.3, 0.4) is 0 Å². The topological polar surface area (TPSA) is 71.3 Å². The van der Waals surface area contributed by atoms with Crippen molar-refractivity contribution in [1.29, 1.82) is 0 Å². The molecule has 0 bridgehead atoms. The fraction of sp³-hybridized carbons (Fsp3) is 0.800. The summed E-state index contributed by atoms with van der Waals surface area (Å²) in [4.78, 5) is 18.6. The van der Waals surface area contributed by atoms with Crippen molar-refractivity contribution < 1.29 is 9.32 Å². The highest BCUT2D eigenvalue weighted by atomic mass is 16.5. The molecule has 1 amide bonds. The summed E-state index contributed by atoms with van der Waals surface area (Å²) < 4.78 is 5.19. The lowest BCUT2D eigenvalue weighted by molar-refractivity contribution is -0.132. The lowest BCUT2D eigenvalue weighted by atomic mass is 10.2. The van der Waals surface area contributed by atoms with Crippen LogP contribution in [0.15, 0.2) is 4.52 Å². The zero-order valence-electron chi connectivity index (χ0n) is 13.1. The molecule has 0 aromatic carbocycles. The van der Waals surface area contributed by atoms with Gasteiger partial charge in [-0.3, -0.25) is 4.79 Å². The van der Waals surface area contributed by atoms with Crippen LogP contribution in [-0.2, 0) is 17.6 Å². The number of likely N-dealkylation sites (N-methyl/N-ethyl adjacent to an activating group) is 1. The highest BCUT2D eigenvalue weighted by Gasteiger charge is 2.27. The maximum absolute atomic E-state index is 12.3. The van der Waals surface area contributed by atoms with Crippen LogP contribution in [0.5, 0.6) is 0 Å². The Kier molecular flexibility index (Phi) is 6.17. The summed E-state index contributed by atoms with van der Waals surface area (Å²) in [6, 6.07) is 0.363. The minimum Gasteiger partial charge on any atom is -0.339 e. The van der Waals surface area contributed by atoms with Crippen molar-refractivity contribution in [3.05, 3.63) is 11.7 Å². The summed E-state index contributed by atoms with van der Waals surface area (Å²) in [6.45, 7) is 3.87. The van der Waals surface area contributed by atoms with E-state index in [-0.39, 0.29) is 5.91 Å².